The Labute approximate surface area is 121 Å². The van der Waals surface area contributed by atoms with Crippen LogP contribution in [-0.2, 0) is 4.74 Å². The van der Waals surface area contributed by atoms with Gasteiger partial charge < -0.3 is 10.1 Å². The first kappa shape index (κ1) is 14.0. The molecule has 1 aromatic carbocycles. The van der Waals surface area contributed by atoms with Crippen LogP contribution < -0.4 is 5.32 Å². The van der Waals surface area contributed by atoms with Crippen molar-refractivity contribution >= 4 is 27.7 Å². The largest absolute Gasteiger partial charge is 0.497 e. The van der Waals surface area contributed by atoms with Gasteiger partial charge in [-0.2, -0.15) is 0 Å². The molecule has 0 aromatic heterocycles. The second kappa shape index (κ2) is 7.22. The molecule has 0 spiro atoms. The molecule has 1 aromatic rings. The van der Waals surface area contributed by atoms with Crippen LogP contribution in [0.1, 0.15) is 12.8 Å². The van der Waals surface area contributed by atoms with E-state index >= 15 is 0 Å². The Morgan fingerprint density at radius 3 is 2.94 bits per heavy atom. The summed E-state index contributed by atoms with van der Waals surface area (Å²) in [6, 6.07) is 8.61. The highest BCUT2D eigenvalue weighted by molar-refractivity contribution is 9.10. The van der Waals surface area contributed by atoms with Crippen molar-refractivity contribution in [2.75, 3.05) is 19.4 Å². The summed E-state index contributed by atoms with van der Waals surface area (Å²) in [7, 11) is 1.99. The second-order valence-corrected chi connectivity index (χ2v) is 6.10. The minimum atomic E-state index is 0.294. The number of hydrogen-bond acceptors (Lipinski definition) is 3. The predicted molar refractivity (Wildman–Crippen MR) is 81.0 cm³/mol. The summed E-state index contributed by atoms with van der Waals surface area (Å²) in [6.45, 7) is 0.851. The van der Waals surface area contributed by atoms with Gasteiger partial charge in [-0.3, -0.25) is 0 Å². The molecule has 1 aliphatic rings. The fourth-order valence-electron chi connectivity index (χ4n) is 1.86. The standard InChI is InChI=1S/C14H18BrNOS/c1-16-12(13-7-4-5-9-17-13)10-18-14-8-3-2-6-11(14)15/h2-3,6-8,12,16H,4-5,9-10H2,1H3. The third-order valence-corrected chi connectivity index (χ3v) is 5.02. The molecule has 2 nitrogen and oxygen atoms in total. The maximum Gasteiger partial charge on any atom is 0.110 e. The Kier molecular flexibility index (Phi) is 5.60. The van der Waals surface area contributed by atoms with Crippen LogP contribution >= 0.6 is 27.7 Å². The Morgan fingerprint density at radius 1 is 1.44 bits per heavy atom. The lowest BCUT2D eigenvalue weighted by Crippen LogP contribution is -2.32. The van der Waals surface area contributed by atoms with Crippen molar-refractivity contribution in [1.82, 2.24) is 5.32 Å². The van der Waals surface area contributed by atoms with E-state index in [4.69, 9.17) is 4.74 Å². The molecule has 1 heterocycles. The van der Waals surface area contributed by atoms with E-state index < -0.39 is 0 Å². The molecule has 0 saturated heterocycles. The van der Waals surface area contributed by atoms with Crippen molar-refractivity contribution in [2.24, 2.45) is 0 Å². The van der Waals surface area contributed by atoms with E-state index in [2.05, 4.69) is 45.5 Å². The number of thioether (sulfide) groups is 1. The lowest BCUT2D eigenvalue weighted by molar-refractivity contribution is 0.173. The van der Waals surface area contributed by atoms with Gasteiger partial charge in [-0.1, -0.05) is 12.1 Å². The van der Waals surface area contributed by atoms with Gasteiger partial charge in [0.05, 0.1) is 12.6 Å². The molecule has 1 N–H and O–H groups in total. The summed E-state index contributed by atoms with van der Waals surface area (Å²) < 4.78 is 6.88. The first-order chi connectivity index (χ1) is 8.81. The average molecular weight is 328 g/mol. The Morgan fingerprint density at radius 2 is 2.28 bits per heavy atom. The number of hydrogen-bond donors (Lipinski definition) is 1. The van der Waals surface area contributed by atoms with Gasteiger partial charge in [0, 0.05) is 15.1 Å². The molecule has 0 radical (unpaired) electrons. The molecular formula is C14H18BrNOS. The number of likely N-dealkylation sites (N-methyl/N-ethyl adjacent to an activating group) is 1. The van der Waals surface area contributed by atoms with E-state index in [1.54, 1.807) is 0 Å². The van der Waals surface area contributed by atoms with Crippen LogP contribution in [0.15, 0.2) is 45.5 Å². The fourth-order valence-corrected chi connectivity index (χ4v) is 3.55. The zero-order valence-corrected chi connectivity index (χ0v) is 12.9. The Balaban J connectivity index is 1.95. The summed E-state index contributed by atoms with van der Waals surface area (Å²) >= 11 is 5.42. The number of halogens is 1. The maximum absolute atomic E-state index is 5.72. The van der Waals surface area contributed by atoms with Crippen LogP contribution in [0.25, 0.3) is 0 Å². The van der Waals surface area contributed by atoms with Gasteiger partial charge in [0.1, 0.15) is 5.76 Å². The highest BCUT2D eigenvalue weighted by Gasteiger charge is 2.16. The maximum atomic E-state index is 5.72. The third kappa shape index (κ3) is 3.77. The van der Waals surface area contributed by atoms with E-state index in [1.165, 1.54) is 4.90 Å². The molecule has 0 fully saturated rings. The van der Waals surface area contributed by atoms with E-state index in [0.29, 0.717) is 6.04 Å². The molecule has 0 amide bonds. The normalized spacial score (nSPS) is 16.9. The number of ether oxygens (including phenoxy) is 1. The van der Waals surface area contributed by atoms with Gasteiger partial charge in [0.15, 0.2) is 0 Å². The predicted octanol–water partition coefficient (Wildman–Crippen LogP) is 3.82. The Hall–Kier alpha value is -0.450. The van der Waals surface area contributed by atoms with Crippen molar-refractivity contribution in [3.8, 4) is 0 Å². The first-order valence-corrected chi connectivity index (χ1v) is 7.96. The monoisotopic (exact) mass is 327 g/mol. The van der Waals surface area contributed by atoms with Gasteiger partial charge in [-0.15, -0.1) is 11.8 Å². The lowest BCUT2D eigenvalue weighted by atomic mass is 10.2. The molecule has 1 unspecified atom stereocenters. The summed E-state index contributed by atoms with van der Waals surface area (Å²) in [5, 5.41) is 3.33. The number of nitrogens with one attached hydrogen (secondary N) is 1. The molecular weight excluding hydrogens is 310 g/mol. The molecule has 1 aliphatic heterocycles. The number of benzene rings is 1. The molecule has 0 aliphatic carbocycles. The molecule has 4 heteroatoms. The van der Waals surface area contributed by atoms with E-state index in [0.717, 1.165) is 35.4 Å². The third-order valence-electron chi connectivity index (χ3n) is 2.90. The van der Waals surface area contributed by atoms with Gasteiger partial charge in [-0.25, -0.2) is 0 Å². The Bertz CT molecular complexity index is 422. The van der Waals surface area contributed by atoms with Crippen molar-refractivity contribution in [3.63, 3.8) is 0 Å². The highest BCUT2D eigenvalue weighted by atomic mass is 79.9. The van der Waals surface area contributed by atoms with E-state index in [-0.39, 0.29) is 0 Å². The number of allylic oxidation sites excluding steroid dienone is 1. The van der Waals surface area contributed by atoms with Crippen LogP contribution in [0.5, 0.6) is 0 Å². The zero-order valence-electron chi connectivity index (χ0n) is 10.5. The minimum Gasteiger partial charge on any atom is -0.497 e. The molecule has 1 atom stereocenters. The van der Waals surface area contributed by atoms with Crippen LogP contribution in [0.4, 0.5) is 0 Å². The van der Waals surface area contributed by atoms with Crippen LogP contribution in [0.3, 0.4) is 0 Å². The van der Waals surface area contributed by atoms with Gasteiger partial charge in [0.25, 0.3) is 0 Å². The quantitative estimate of drug-likeness (QED) is 0.830. The average Bonchev–Trinajstić information content (AvgIpc) is 2.42. The van der Waals surface area contributed by atoms with Crippen LogP contribution in [-0.4, -0.2) is 25.4 Å². The lowest BCUT2D eigenvalue weighted by Gasteiger charge is -2.23. The molecule has 18 heavy (non-hydrogen) atoms. The molecule has 0 bridgehead atoms. The highest BCUT2D eigenvalue weighted by Crippen LogP contribution is 2.28. The summed E-state index contributed by atoms with van der Waals surface area (Å²) in [6.07, 6.45) is 4.48. The molecule has 98 valence electrons. The second-order valence-electron chi connectivity index (χ2n) is 4.18. The summed E-state index contributed by atoms with van der Waals surface area (Å²) in [5.41, 5.74) is 0. The summed E-state index contributed by atoms with van der Waals surface area (Å²) in [4.78, 5) is 1.27. The fraction of sp³-hybridized carbons (Fsp3) is 0.429. The first-order valence-electron chi connectivity index (χ1n) is 6.18. The van der Waals surface area contributed by atoms with Crippen molar-refractivity contribution in [3.05, 3.63) is 40.6 Å². The van der Waals surface area contributed by atoms with Crippen molar-refractivity contribution < 1.29 is 4.74 Å². The van der Waals surface area contributed by atoms with Gasteiger partial charge in [-0.05, 0) is 54.0 Å². The van der Waals surface area contributed by atoms with Crippen LogP contribution in [0, 0.1) is 0 Å². The zero-order chi connectivity index (χ0) is 12.8. The van der Waals surface area contributed by atoms with Crippen LogP contribution in [0.2, 0.25) is 0 Å². The van der Waals surface area contributed by atoms with E-state index in [1.807, 2.05) is 24.9 Å². The van der Waals surface area contributed by atoms with Crippen molar-refractivity contribution in [1.29, 1.82) is 0 Å². The van der Waals surface area contributed by atoms with Gasteiger partial charge in [0.2, 0.25) is 0 Å². The minimum absolute atomic E-state index is 0.294. The smallest absolute Gasteiger partial charge is 0.110 e. The molecule has 0 saturated carbocycles. The number of rotatable bonds is 5. The molecule has 2 rings (SSSR count). The van der Waals surface area contributed by atoms with Gasteiger partial charge >= 0.3 is 0 Å². The SMILES string of the molecule is CNC(CSc1ccccc1Br)C1=CCCCO1. The van der Waals surface area contributed by atoms with Crippen molar-refractivity contribution in [2.45, 2.75) is 23.8 Å². The topological polar surface area (TPSA) is 21.3 Å². The summed E-state index contributed by atoms with van der Waals surface area (Å²) in [5.74, 6) is 2.08. The van der Waals surface area contributed by atoms with E-state index in [9.17, 15) is 0 Å².